The van der Waals surface area contributed by atoms with Crippen molar-refractivity contribution >= 4 is 5.70 Å². The van der Waals surface area contributed by atoms with Crippen molar-refractivity contribution in [3.63, 3.8) is 0 Å². The molecule has 1 aromatic carbocycles. The molecule has 0 spiro atoms. The van der Waals surface area contributed by atoms with Gasteiger partial charge in [0.25, 0.3) is 0 Å². The molecule has 17 heavy (non-hydrogen) atoms. The Morgan fingerprint density at radius 2 is 1.88 bits per heavy atom. The topological polar surface area (TPSA) is 3.24 Å². The van der Waals surface area contributed by atoms with Crippen LogP contribution < -0.4 is 0 Å². The van der Waals surface area contributed by atoms with Crippen LogP contribution in [0.15, 0.2) is 43.0 Å². The van der Waals surface area contributed by atoms with Gasteiger partial charge in [0.2, 0.25) is 0 Å². The predicted octanol–water partition coefficient (Wildman–Crippen LogP) is 3.86. The normalized spacial score (nSPS) is 19.4. The lowest BCUT2D eigenvalue weighted by atomic mass is 10.0. The molecule has 0 N–H and O–H groups in total. The molecule has 0 amide bonds. The van der Waals surface area contributed by atoms with E-state index in [0.717, 1.165) is 18.8 Å². The molecule has 1 heterocycles. The predicted molar refractivity (Wildman–Crippen MR) is 74.7 cm³/mol. The third-order valence-corrected chi connectivity index (χ3v) is 3.65. The molecular formula is C16H21N. The van der Waals surface area contributed by atoms with E-state index in [1.807, 2.05) is 0 Å². The molecule has 1 aliphatic rings. The first-order chi connectivity index (χ1) is 8.08. The maximum atomic E-state index is 4.23. The molecule has 0 saturated carbocycles. The monoisotopic (exact) mass is 227 g/mol. The molecule has 0 radical (unpaired) electrons. The minimum atomic E-state index is 0.636. The number of hydrogen-bond acceptors (Lipinski definition) is 1. The van der Waals surface area contributed by atoms with Crippen molar-refractivity contribution in [1.82, 2.24) is 4.90 Å². The van der Waals surface area contributed by atoms with Crippen LogP contribution in [0, 0.1) is 12.8 Å². The Labute approximate surface area is 104 Å². The van der Waals surface area contributed by atoms with Gasteiger partial charge >= 0.3 is 0 Å². The molecular weight excluding hydrogens is 206 g/mol. The van der Waals surface area contributed by atoms with Gasteiger partial charge in [-0.1, -0.05) is 48.6 Å². The van der Waals surface area contributed by atoms with Crippen molar-refractivity contribution in [2.75, 3.05) is 13.1 Å². The average Bonchev–Trinajstić information content (AvgIpc) is 2.78. The van der Waals surface area contributed by atoms with Crippen LogP contribution >= 0.6 is 0 Å². The van der Waals surface area contributed by atoms with Crippen molar-refractivity contribution in [3.05, 3.63) is 54.1 Å². The molecule has 0 bridgehead atoms. The maximum absolute atomic E-state index is 4.23. The van der Waals surface area contributed by atoms with Crippen LogP contribution in [0.5, 0.6) is 0 Å². The summed E-state index contributed by atoms with van der Waals surface area (Å²) in [5.74, 6) is 0.636. The first-order valence-electron chi connectivity index (χ1n) is 6.24. The van der Waals surface area contributed by atoms with Crippen LogP contribution in [-0.4, -0.2) is 18.0 Å². The summed E-state index contributed by atoms with van der Waals surface area (Å²) in [4.78, 5) is 2.38. The number of benzene rings is 1. The van der Waals surface area contributed by atoms with Crippen LogP contribution in [0.2, 0.25) is 0 Å². The fraction of sp³-hybridized carbons (Fsp3) is 0.375. The standard InChI is InChI=1S/C16H21N/c1-12(2)16-9-10-17(11-16)14(4)15-7-5-13(3)6-8-15/h5-8,16H,1,4,9-11H2,2-3H3. The third-order valence-electron chi connectivity index (χ3n) is 3.65. The first kappa shape index (κ1) is 12.0. The van der Waals surface area contributed by atoms with E-state index in [9.17, 15) is 0 Å². The smallest absolute Gasteiger partial charge is 0.0366 e. The van der Waals surface area contributed by atoms with Crippen LogP contribution in [0.3, 0.4) is 0 Å². The van der Waals surface area contributed by atoms with Gasteiger partial charge in [-0.25, -0.2) is 0 Å². The van der Waals surface area contributed by atoms with E-state index in [1.54, 1.807) is 0 Å². The van der Waals surface area contributed by atoms with Crippen LogP contribution in [0.25, 0.3) is 5.70 Å². The van der Waals surface area contributed by atoms with E-state index >= 15 is 0 Å². The Hall–Kier alpha value is -1.50. The minimum absolute atomic E-state index is 0.636. The molecule has 1 aliphatic heterocycles. The summed E-state index contributed by atoms with van der Waals surface area (Å²) in [7, 11) is 0. The van der Waals surface area contributed by atoms with Gasteiger partial charge in [0, 0.05) is 18.8 Å². The summed E-state index contributed by atoms with van der Waals surface area (Å²) in [5.41, 5.74) is 4.97. The molecule has 0 aromatic heterocycles. The van der Waals surface area contributed by atoms with Crippen LogP contribution in [0.4, 0.5) is 0 Å². The van der Waals surface area contributed by atoms with E-state index in [0.29, 0.717) is 5.92 Å². The van der Waals surface area contributed by atoms with Gasteiger partial charge < -0.3 is 4.90 Å². The average molecular weight is 227 g/mol. The zero-order valence-corrected chi connectivity index (χ0v) is 10.9. The van der Waals surface area contributed by atoms with Crippen molar-refractivity contribution in [2.45, 2.75) is 20.3 Å². The number of hydrogen-bond donors (Lipinski definition) is 0. The second-order valence-electron chi connectivity index (χ2n) is 5.09. The fourth-order valence-corrected chi connectivity index (χ4v) is 2.34. The van der Waals surface area contributed by atoms with Gasteiger partial charge in [0.05, 0.1) is 0 Å². The van der Waals surface area contributed by atoms with E-state index in [2.05, 4.69) is 56.2 Å². The van der Waals surface area contributed by atoms with Crippen molar-refractivity contribution < 1.29 is 0 Å². The van der Waals surface area contributed by atoms with Crippen molar-refractivity contribution in [3.8, 4) is 0 Å². The highest BCUT2D eigenvalue weighted by molar-refractivity contribution is 5.62. The summed E-state index contributed by atoms with van der Waals surface area (Å²) in [6.07, 6.45) is 1.21. The summed E-state index contributed by atoms with van der Waals surface area (Å²) < 4.78 is 0. The summed E-state index contributed by atoms with van der Waals surface area (Å²) >= 11 is 0. The molecule has 1 unspecified atom stereocenters. The lowest BCUT2D eigenvalue weighted by Crippen LogP contribution is -2.18. The van der Waals surface area contributed by atoms with Gasteiger partial charge in [0.1, 0.15) is 0 Å². The van der Waals surface area contributed by atoms with E-state index < -0.39 is 0 Å². The highest BCUT2D eigenvalue weighted by Gasteiger charge is 2.23. The zero-order chi connectivity index (χ0) is 12.4. The summed E-state index contributed by atoms with van der Waals surface area (Å²) in [6.45, 7) is 14.7. The van der Waals surface area contributed by atoms with Crippen molar-refractivity contribution in [2.24, 2.45) is 5.92 Å². The lowest BCUT2D eigenvalue weighted by Gasteiger charge is -2.21. The van der Waals surface area contributed by atoms with E-state index in [-0.39, 0.29) is 0 Å². The molecule has 1 nitrogen and oxygen atoms in total. The Kier molecular flexibility index (Phi) is 3.37. The summed E-state index contributed by atoms with van der Waals surface area (Å²) in [6, 6.07) is 8.61. The summed E-state index contributed by atoms with van der Waals surface area (Å²) in [5, 5.41) is 0. The molecule has 1 aromatic rings. The first-order valence-corrected chi connectivity index (χ1v) is 6.24. The number of aryl methyl sites for hydroxylation is 1. The minimum Gasteiger partial charge on any atom is -0.371 e. The quantitative estimate of drug-likeness (QED) is 0.709. The molecule has 90 valence electrons. The van der Waals surface area contributed by atoms with E-state index in [4.69, 9.17) is 0 Å². The third kappa shape index (κ3) is 2.60. The van der Waals surface area contributed by atoms with Crippen molar-refractivity contribution in [1.29, 1.82) is 0 Å². The zero-order valence-electron chi connectivity index (χ0n) is 10.9. The van der Waals surface area contributed by atoms with E-state index in [1.165, 1.54) is 23.1 Å². The van der Waals surface area contributed by atoms with Gasteiger partial charge in [-0.3, -0.25) is 0 Å². The number of likely N-dealkylation sites (tertiary alicyclic amines) is 1. The molecule has 1 fully saturated rings. The molecule has 1 saturated heterocycles. The number of nitrogens with zero attached hydrogens (tertiary/aromatic N) is 1. The van der Waals surface area contributed by atoms with Gasteiger partial charge in [0.15, 0.2) is 0 Å². The Morgan fingerprint density at radius 1 is 1.24 bits per heavy atom. The molecule has 2 rings (SSSR count). The second kappa shape index (κ2) is 4.79. The molecule has 1 atom stereocenters. The number of rotatable bonds is 3. The van der Waals surface area contributed by atoms with Gasteiger partial charge in [-0.05, 0) is 31.7 Å². The lowest BCUT2D eigenvalue weighted by molar-refractivity contribution is 0.477. The van der Waals surface area contributed by atoms with Crippen LogP contribution in [-0.2, 0) is 0 Å². The Bertz CT molecular complexity index is 427. The largest absolute Gasteiger partial charge is 0.371 e. The second-order valence-corrected chi connectivity index (χ2v) is 5.09. The SMILES string of the molecule is C=C(C)C1CCN(C(=C)c2ccc(C)cc2)C1. The van der Waals surface area contributed by atoms with Gasteiger partial charge in [-0.15, -0.1) is 0 Å². The fourth-order valence-electron chi connectivity index (χ4n) is 2.34. The Balaban J connectivity index is 2.07. The maximum Gasteiger partial charge on any atom is 0.0366 e. The molecule has 0 aliphatic carbocycles. The highest BCUT2D eigenvalue weighted by atomic mass is 15.2. The highest BCUT2D eigenvalue weighted by Crippen LogP contribution is 2.28. The Morgan fingerprint density at radius 3 is 2.41 bits per heavy atom. The molecule has 1 heteroatoms. The van der Waals surface area contributed by atoms with Crippen LogP contribution in [0.1, 0.15) is 24.5 Å². The van der Waals surface area contributed by atoms with Gasteiger partial charge in [-0.2, -0.15) is 0 Å².